The minimum absolute atomic E-state index is 0.0149. The van der Waals surface area contributed by atoms with Crippen LogP contribution in [0.4, 0.5) is 8.78 Å². The summed E-state index contributed by atoms with van der Waals surface area (Å²) in [7, 11) is 0. The van der Waals surface area contributed by atoms with Gasteiger partial charge >= 0.3 is 5.97 Å². The minimum Gasteiger partial charge on any atom is -0.477 e. The predicted octanol–water partition coefficient (Wildman–Crippen LogP) is 4.74. The summed E-state index contributed by atoms with van der Waals surface area (Å²) >= 11 is 0. The molecule has 1 aromatic heterocycles. The molecule has 1 aliphatic heterocycles. The smallest absolute Gasteiger partial charge is 0.341 e. The lowest BCUT2D eigenvalue weighted by Gasteiger charge is -2.24. The number of aromatic nitrogens is 1. The fourth-order valence-electron chi connectivity index (χ4n) is 3.55. The molecule has 3 aromatic carbocycles. The third-order valence-corrected chi connectivity index (χ3v) is 4.91. The van der Waals surface area contributed by atoms with Crippen LogP contribution in [0, 0.1) is 11.6 Å². The Morgan fingerprint density at radius 1 is 1.00 bits per heavy atom. The number of aromatic carboxylic acids is 1. The Morgan fingerprint density at radius 3 is 2.48 bits per heavy atom. The van der Waals surface area contributed by atoms with Crippen LogP contribution < -0.4 is 10.2 Å². The van der Waals surface area contributed by atoms with E-state index in [1.54, 1.807) is 18.2 Å². The van der Waals surface area contributed by atoms with Crippen molar-refractivity contribution < 1.29 is 23.4 Å². The Balaban J connectivity index is 1.86. The van der Waals surface area contributed by atoms with Gasteiger partial charge in [0, 0.05) is 6.20 Å². The number of nitrogens with zero attached hydrogens (tertiary/aromatic N) is 1. The number of hydrogen-bond donors (Lipinski definition) is 1. The van der Waals surface area contributed by atoms with Crippen LogP contribution in [0.3, 0.4) is 0 Å². The van der Waals surface area contributed by atoms with Crippen molar-refractivity contribution >= 4 is 16.9 Å². The van der Waals surface area contributed by atoms with Gasteiger partial charge in [-0.3, -0.25) is 4.79 Å². The number of carbonyl (C=O) groups is 1. The van der Waals surface area contributed by atoms with Gasteiger partial charge in [-0.05, 0) is 29.3 Å². The number of carboxylic acids is 1. The first-order valence-electron chi connectivity index (χ1n) is 8.64. The van der Waals surface area contributed by atoms with Crippen LogP contribution in [0.25, 0.3) is 27.7 Å². The summed E-state index contributed by atoms with van der Waals surface area (Å²) in [4.78, 5) is 24.0. The van der Waals surface area contributed by atoms with Gasteiger partial charge in [0.05, 0.1) is 11.1 Å². The number of ether oxygens (including phenoxy) is 1. The molecule has 29 heavy (non-hydrogen) atoms. The van der Waals surface area contributed by atoms with Gasteiger partial charge in [-0.15, -0.1) is 0 Å². The maximum atomic E-state index is 14.5. The summed E-state index contributed by atoms with van der Waals surface area (Å²) in [6.45, 7) is 0. The fourth-order valence-corrected chi connectivity index (χ4v) is 3.55. The Hall–Kier alpha value is -4.00. The molecule has 0 atom stereocenters. The van der Waals surface area contributed by atoms with Gasteiger partial charge in [-0.2, -0.15) is 4.39 Å². The highest BCUT2D eigenvalue weighted by Crippen LogP contribution is 2.43. The molecular formula is C22H11F2NO4. The molecule has 0 saturated heterocycles. The van der Waals surface area contributed by atoms with Crippen LogP contribution in [0.5, 0.6) is 11.5 Å². The molecule has 0 unspecified atom stereocenters. The molecule has 5 rings (SSSR count). The largest absolute Gasteiger partial charge is 0.477 e. The van der Waals surface area contributed by atoms with E-state index in [0.29, 0.717) is 11.8 Å². The first-order chi connectivity index (χ1) is 14.0. The van der Waals surface area contributed by atoms with Crippen LogP contribution in [0.2, 0.25) is 0 Å². The molecule has 0 radical (unpaired) electrons. The highest BCUT2D eigenvalue weighted by Gasteiger charge is 2.28. The molecule has 1 N–H and O–H groups in total. The van der Waals surface area contributed by atoms with Gasteiger partial charge in [0.15, 0.2) is 17.3 Å². The quantitative estimate of drug-likeness (QED) is 0.472. The van der Waals surface area contributed by atoms with E-state index in [0.717, 1.165) is 17.3 Å². The summed E-state index contributed by atoms with van der Waals surface area (Å²) in [6, 6.07) is 15.2. The Morgan fingerprint density at radius 2 is 1.76 bits per heavy atom. The Kier molecular flexibility index (Phi) is 3.54. The average molecular weight is 391 g/mol. The maximum Gasteiger partial charge on any atom is 0.341 e. The first kappa shape index (κ1) is 17.1. The molecule has 0 spiro atoms. The van der Waals surface area contributed by atoms with Crippen molar-refractivity contribution in [2.75, 3.05) is 0 Å². The molecular weight excluding hydrogens is 380 g/mol. The van der Waals surface area contributed by atoms with Crippen LogP contribution in [-0.4, -0.2) is 15.6 Å². The molecule has 142 valence electrons. The van der Waals surface area contributed by atoms with E-state index in [2.05, 4.69) is 0 Å². The summed E-state index contributed by atoms with van der Waals surface area (Å²) in [5, 5.41) is 9.12. The van der Waals surface area contributed by atoms with Crippen molar-refractivity contribution in [3.8, 4) is 28.3 Å². The second-order valence-corrected chi connectivity index (χ2v) is 6.60. The average Bonchev–Trinajstić information content (AvgIpc) is 2.73. The van der Waals surface area contributed by atoms with E-state index in [4.69, 9.17) is 4.74 Å². The van der Waals surface area contributed by atoms with Crippen molar-refractivity contribution in [1.29, 1.82) is 0 Å². The molecule has 0 amide bonds. The zero-order chi connectivity index (χ0) is 20.3. The number of carboxylic acid groups (broad SMARTS) is 1. The Bertz CT molecular complexity index is 1390. The molecule has 7 heteroatoms. The minimum atomic E-state index is -1.46. The maximum absolute atomic E-state index is 14.5. The van der Waals surface area contributed by atoms with Crippen LogP contribution >= 0.6 is 0 Å². The van der Waals surface area contributed by atoms with E-state index in [1.165, 1.54) is 4.57 Å². The lowest BCUT2D eigenvalue weighted by Crippen LogP contribution is -2.21. The molecule has 0 saturated carbocycles. The van der Waals surface area contributed by atoms with Crippen LogP contribution in [-0.2, 0) is 0 Å². The van der Waals surface area contributed by atoms with Crippen LogP contribution in [0.15, 0.2) is 65.6 Å². The summed E-state index contributed by atoms with van der Waals surface area (Å²) in [5.41, 5.74) is 0.613. The second kappa shape index (κ2) is 6.00. The number of pyridine rings is 1. The second-order valence-electron chi connectivity index (χ2n) is 6.60. The number of benzene rings is 3. The molecule has 0 fully saturated rings. The van der Waals surface area contributed by atoms with E-state index in [1.807, 2.05) is 30.3 Å². The number of rotatable bonds is 2. The zero-order valence-corrected chi connectivity index (χ0v) is 14.6. The van der Waals surface area contributed by atoms with E-state index in [-0.39, 0.29) is 16.7 Å². The van der Waals surface area contributed by atoms with Gasteiger partial charge in [-0.1, -0.05) is 36.4 Å². The van der Waals surface area contributed by atoms with Crippen molar-refractivity contribution in [3.63, 3.8) is 0 Å². The monoisotopic (exact) mass is 391 g/mol. The molecule has 0 aliphatic carbocycles. The van der Waals surface area contributed by atoms with Crippen molar-refractivity contribution in [2.24, 2.45) is 0 Å². The lowest BCUT2D eigenvalue weighted by atomic mass is 10.0. The van der Waals surface area contributed by atoms with Gasteiger partial charge < -0.3 is 14.4 Å². The normalized spacial score (nSPS) is 11.8. The van der Waals surface area contributed by atoms with Crippen molar-refractivity contribution in [1.82, 2.24) is 4.57 Å². The highest BCUT2D eigenvalue weighted by molar-refractivity contribution is 5.96. The van der Waals surface area contributed by atoms with E-state index < -0.39 is 34.3 Å². The first-order valence-corrected chi connectivity index (χ1v) is 8.64. The number of halogens is 2. The molecule has 5 nitrogen and oxygen atoms in total. The van der Waals surface area contributed by atoms with E-state index >= 15 is 0 Å². The van der Waals surface area contributed by atoms with Gasteiger partial charge in [0.1, 0.15) is 11.1 Å². The van der Waals surface area contributed by atoms with Gasteiger partial charge in [0.2, 0.25) is 11.2 Å². The third kappa shape index (κ3) is 2.44. The highest BCUT2D eigenvalue weighted by atomic mass is 19.2. The molecule has 1 aliphatic rings. The number of hydrogen-bond acceptors (Lipinski definition) is 3. The van der Waals surface area contributed by atoms with E-state index in [9.17, 15) is 23.5 Å². The Labute approximate surface area is 162 Å². The number of fused-ring (bicyclic) bond motifs is 2. The zero-order valence-electron chi connectivity index (χ0n) is 14.6. The topological polar surface area (TPSA) is 68.5 Å². The summed E-state index contributed by atoms with van der Waals surface area (Å²) in [6.07, 6.45) is 1.11. The fraction of sp³-hybridized carbons (Fsp3) is 0. The molecule has 0 bridgehead atoms. The van der Waals surface area contributed by atoms with Gasteiger partial charge in [-0.25, -0.2) is 9.18 Å². The molecule has 4 aromatic rings. The summed E-state index contributed by atoms with van der Waals surface area (Å²) < 4.78 is 35.7. The molecule has 2 heterocycles. The third-order valence-electron chi connectivity index (χ3n) is 4.91. The predicted molar refractivity (Wildman–Crippen MR) is 102 cm³/mol. The SMILES string of the molecule is O=C(O)c1cn2c3c(c(F)c(F)cc3c1=O)Oc1cc(-c3ccccc3)ccc1-2. The van der Waals surface area contributed by atoms with Crippen molar-refractivity contribution in [3.05, 3.63) is 88.2 Å². The lowest BCUT2D eigenvalue weighted by molar-refractivity contribution is 0.0695. The standard InChI is InChI=1S/C22H11F2NO4/c23-15-9-13-19-21(18(15)24)29-17-8-12(11-4-2-1-3-5-11)6-7-16(17)25(19)10-14(20(13)26)22(27)28/h1-10H,(H,27,28). The van der Waals surface area contributed by atoms with Crippen LogP contribution in [0.1, 0.15) is 10.4 Å². The van der Waals surface area contributed by atoms with Gasteiger partial charge in [0.25, 0.3) is 0 Å². The summed E-state index contributed by atoms with van der Waals surface area (Å²) in [5.74, 6) is -4.23. The van der Waals surface area contributed by atoms with Crippen molar-refractivity contribution in [2.45, 2.75) is 0 Å².